The number of urea groups is 1. The van der Waals surface area contributed by atoms with Gasteiger partial charge in [0.2, 0.25) is 0 Å². The summed E-state index contributed by atoms with van der Waals surface area (Å²) >= 11 is 1.51. The van der Waals surface area contributed by atoms with Gasteiger partial charge in [-0.05, 0) is 35.7 Å². The lowest BCUT2D eigenvalue weighted by Crippen LogP contribution is -2.40. The SMILES string of the molecule is CCc1cc(NC(=O)NCC(C)(O)c2ccsc2)n(C)n1. The number of amides is 2. The highest BCUT2D eigenvalue weighted by atomic mass is 32.1. The second-order valence-electron chi connectivity index (χ2n) is 5.09. The Labute approximate surface area is 127 Å². The maximum Gasteiger partial charge on any atom is 0.320 e. The van der Waals surface area contributed by atoms with Crippen molar-refractivity contribution in [3.8, 4) is 0 Å². The number of anilines is 1. The first-order valence-electron chi connectivity index (χ1n) is 6.75. The van der Waals surface area contributed by atoms with E-state index >= 15 is 0 Å². The Bertz CT molecular complexity index is 605. The van der Waals surface area contributed by atoms with Crippen molar-refractivity contribution in [1.29, 1.82) is 0 Å². The molecule has 2 aromatic rings. The number of hydrogen-bond donors (Lipinski definition) is 3. The van der Waals surface area contributed by atoms with Gasteiger partial charge in [-0.25, -0.2) is 4.79 Å². The lowest BCUT2D eigenvalue weighted by Gasteiger charge is -2.22. The second kappa shape index (κ2) is 6.28. The Balaban J connectivity index is 1.91. The molecule has 21 heavy (non-hydrogen) atoms. The van der Waals surface area contributed by atoms with Crippen molar-refractivity contribution in [1.82, 2.24) is 15.1 Å². The first-order valence-corrected chi connectivity index (χ1v) is 7.69. The third-order valence-corrected chi connectivity index (χ3v) is 3.95. The first kappa shape index (κ1) is 15.5. The van der Waals surface area contributed by atoms with Crippen molar-refractivity contribution in [2.45, 2.75) is 25.9 Å². The van der Waals surface area contributed by atoms with Crippen LogP contribution >= 0.6 is 11.3 Å². The van der Waals surface area contributed by atoms with Crippen LogP contribution in [0.2, 0.25) is 0 Å². The van der Waals surface area contributed by atoms with Crippen molar-refractivity contribution in [3.05, 3.63) is 34.2 Å². The molecule has 1 unspecified atom stereocenters. The van der Waals surface area contributed by atoms with Gasteiger partial charge in [-0.1, -0.05) is 6.92 Å². The summed E-state index contributed by atoms with van der Waals surface area (Å²) in [6.45, 7) is 3.81. The van der Waals surface area contributed by atoms with E-state index in [1.165, 1.54) is 11.3 Å². The normalized spacial score (nSPS) is 13.7. The topological polar surface area (TPSA) is 79.2 Å². The molecule has 0 aliphatic heterocycles. The molecule has 0 spiro atoms. The number of thiophene rings is 1. The molecule has 0 saturated carbocycles. The van der Waals surface area contributed by atoms with Gasteiger partial charge in [-0.3, -0.25) is 10.00 Å². The lowest BCUT2D eigenvalue weighted by molar-refractivity contribution is 0.0604. The number of aromatic nitrogens is 2. The monoisotopic (exact) mass is 308 g/mol. The zero-order chi connectivity index (χ0) is 15.5. The average Bonchev–Trinajstić information content (AvgIpc) is 3.07. The molecule has 6 nitrogen and oxygen atoms in total. The maximum absolute atomic E-state index is 11.9. The van der Waals surface area contributed by atoms with Gasteiger partial charge < -0.3 is 10.4 Å². The molecule has 2 rings (SSSR count). The number of nitrogens with one attached hydrogen (secondary N) is 2. The molecule has 0 bridgehead atoms. The van der Waals surface area contributed by atoms with Crippen LogP contribution in [0.5, 0.6) is 0 Å². The van der Waals surface area contributed by atoms with Gasteiger partial charge in [0.25, 0.3) is 0 Å². The van der Waals surface area contributed by atoms with Crippen molar-refractivity contribution < 1.29 is 9.90 Å². The highest BCUT2D eigenvalue weighted by Gasteiger charge is 2.24. The highest BCUT2D eigenvalue weighted by Crippen LogP contribution is 2.22. The summed E-state index contributed by atoms with van der Waals surface area (Å²) in [5, 5.41) is 23.8. The lowest BCUT2D eigenvalue weighted by atomic mass is 9.99. The number of hydrogen-bond acceptors (Lipinski definition) is 4. The molecule has 2 amide bonds. The van der Waals surface area contributed by atoms with Gasteiger partial charge in [0, 0.05) is 13.1 Å². The Hall–Kier alpha value is -1.86. The quantitative estimate of drug-likeness (QED) is 0.791. The molecule has 3 N–H and O–H groups in total. The second-order valence-corrected chi connectivity index (χ2v) is 5.87. The summed E-state index contributed by atoms with van der Waals surface area (Å²) < 4.78 is 1.62. The minimum absolute atomic E-state index is 0.133. The van der Waals surface area contributed by atoms with Crippen LogP contribution in [0.3, 0.4) is 0 Å². The van der Waals surface area contributed by atoms with Gasteiger partial charge in [0.05, 0.1) is 12.2 Å². The summed E-state index contributed by atoms with van der Waals surface area (Å²) in [4.78, 5) is 11.9. The van der Waals surface area contributed by atoms with Gasteiger partial charge in [0.1, 0.15) is 11.4 Å². The largest absolute Gasteiger partial charge is 0.384 e. The molecule has 0 saturated heterocycles. The molecule has 0 aliphatic carbocycles. The Morgan fingerprint density at radius 1 is 1.57 bits per heavy atom. The van der Waals surface area contributed by atoms with E-state index in [1.807, 2.05) is 29.8 Å². The zero-order valence-electron chi connectivity index (χ0n) is 12.4. The summed E-state index contributed by atoms with van der Waals surface area (Å²) in [6.07, 6.45) is 0.810. The van der Waals surface area contributed by atoms with Crippen LogP contribution in [0.4, 0.5) is 10.6 Å². The van der Waals surface area contributed by atoms with Crippen molar-refractivity contribution in [3.63, 3.8) is 0 Å². The molecule has 0 aromatic carbocycles. The Morgan fingerprint density at radius 2 is 2.33 bits per heavy atom. The fourth-order valence-corrected chi connectivity index (χ4v) is 2.69. The van der Waals surface area contributed by atoms with Crippen molar-refractivity contribution in [2.24, 2.45) is 7.05 Å². The third-order valence-electron chi connectivity index (χ3n) is 3.27. The number of rotatable bonds is 5. The Kier molecular flexibility index (Phi) is 4.64. The van der Waals surface area contributed by atoms with E-state index in [1.54, 1.807) is 18.7 Å². The average molecular weight is 308 g/mol. The predicted molar refractivity (Wildman–Crippen MR) is 83.5 cm³/mol. The van der Waals surface area contributed by atoms with Gasteiger partial charge in [0.15, 0.2) is 0 Å². The number of carbonyl (C=O) groups is 1. The Morgan fingerprint density at radius 3 is 2.90 bits per heavy atom. The summed E-state index contributed by atoms with van der Waals surface area (Å²) in [6, 6.07) is 3.31. The number of nitrogens with zero attached hydrogens (tertiary/aromatic N) is 2. The van der Waals surface area contributed by atoms with Gasteiger partial charge in [-0.15, -0.1) is 0 Å². The van der Waals surface area contributed by atoms with Crippen molar-refractivity contribution >= 4 is 23.2 Å². The molecule has 0 aliphatic rings. The number of carbonyl (C=O) groups excluding carboxylic acids is 1. The smallest absolute Gasteiger partial charge is 0.320 e. The first-order chi connectivity index (χ1) is 9.92. The molecule has 0 fully saturated rings. The fourth-order valence-electron chi connectivity index (χ4n) is 1.90. The molecular weight excluding hydrogens is 288 g/mol. The zero-order valence-corrected chi connectivity index (χ0v) is 13.2. The summed E-state index contributed by atoms with van der Waals surface area (Å²) in [5.74, 6) is 0.625. The van der Waals surface area contributed by atoms with E-state index in [2.05, 4.69) is 15.7 Å². The van der Waals surface area contributed by atoms with E-state index in [0.717, 1.165) is 17.7 Å². The highest BCUT2D eigenvalue weighted by molar-refractivity contribution is 7.08. The van der Waals surface area contributed by atoms with Crippen LogP contribution in [0.25, 0.3) is 0 Å². The molecule has 114 valence electrons. The molecule has 0 radical (unpaired) electrons. The third kappa shape index (κ3) is 3.83. The number of aliphatic hydroxyl groups is 1. The molecule has 7 heteroatoms. The summed E-state index contributed by atoms with van der Waals surface area (Å²) in [5.41, 5.74) is 0.623. The van der Waals surface area contributed by atoms with Crippen LogP contribution < -0.4 is 10.6 Å². The predicted octanol–water partition coefficient (Wildman–Crippen LogP) is 2.07. The van der Waals surface area contributed by atoms with E-state index in [0.29, 0.717) is 5.82 Å². The van der Waals surface area contributed by atoms with Crippen LogP contribution in [0, 0.1) is 0 Å². The van der Waals surface area contributed by atoms with Crippen molar-refractivity contribution in [2.75, 3.05) is 11.9 Å². The minimum Gasteiger partial charge on any atom is -0.384 e. The van der Waals surface area contributed by atoms with E-state index in [-0.39, 0.29) is 12.6 Å². The standard InChI is InChI=1S/C14H20N4O2S/c1-4-11-7-12(18(3)17-11)16-13(19)15-9-14(2,20)10-5-6-21-8-10/h5-8,20H,4,9H2,1-3H3,(H2,15,16,19). The van der Waals surface area contributed by atoms with Crippen LogP contribution in [-0.2, 0) is 19.1 Å². The van der Waals surface area contributed by atoms with Gasteiger partial charge >= 0.3 is 6.03 Å². The van der Waals surface area contributed by atoms with Crippen LogP contribution in [0.1, 0.15) is 25.1 Å². The van der Waals surface area contributed by atoms with Crippen LogP contribution in [-0.4, -0.2) is 27.5 Å². The van der Waals surface area contributed by atoms with E-state index in [4.69, 9.17) is 0 Å². The van der Waals surface area contributed by atoms with Crippen LogP contribution in [0.15, 0.2) is 22.9 Å². The molecule has 1 atom stereocenters. The minimum atomic E-state index is -1.08. The summed E-state index contributed by atoms with van der Waals surface area (Å²) in [7, 11) is 1.77. The number of aryl methyl sites for hydroxylation is 2. The van der Waals surface area contributed by atoms with E-state index in [9.17, 15) is 9.90 Å². The van der Waals surface area contributed by atoms with Gasteiger partial charge in [-0.2, -0.15) is 16.4 Å². The molecule has 2 aromatic heterocycles. The fraction of sp³-hybridized carbons (Fsp3) is 0.429. The van der Waals surface area contributed by atoms with E-state index < -0.39 is 5.60 Å². The maximum atomic E-state index is 11.9. The molecule has 2 heterocycles. The molecular formula is C14H20N4O2S.